The van der Waals surface area contributed by atoms with Crippen molar-refractivity contribution in [2.45, 2.75) is 13.3 Å². The highest BCUT2D eigenvalue weighted by Gasteiger charge is 2.25. The summed E-state index contributed by atoms with van der Waals surface area (Å²) in [6.45, 7) is 5.32. The van der Waals surface area contributed by atoms with E-state index in [1.165, 1.54) is 18.2 Å². The van der Waals surface area contributed by atoms with Crippen LogP contribution in [0, 0.1) is 18.6 Å². The van der Waals surface area contributed by atoms with Crippen molar-refractivity contribution < 1.29 is 13.6 Å². The Morgan fingerprint density at radius 3 is 2.57 bits per heavy atom. The maximum Gasteiger partial charge on any atom is 0.256 e. The van der Waals surface area contributed by atoms with E-state index in [1.807, 2.05) is 24.0 Å². The summed E-state index contributed by atoms with van der Waals surface area (Å²) in [4.78, 5) is 20.3. The number of carbonyl (C=O) groups excluding carboxylic acids is 1. The second-order valence-electron chi connectivity index (χ2n) is 7.29. The van der Waals surface area contributed by atoms with Crippen molar-refractivity contribution in [3.8, 4) is 0 Å². The third kappa shape index (κ3) is 3.64. The van der Waals surface area contributed by atoms with Crippen LogP contribution < -0.4 is 0 Å². The standard InChI is InChI=1S/C22H23F2N3O/c1-15-21(18-14-17(23)6-7-20(18)25-15)22(28)27-12-10-26(11-13-27)9-8-16-4-2-3-5-19(16)24/h2-7,14,25H,8-13H2,1H3. The molecule has 2 aromatic carbocycles. The number of carbonyl (C=O) groups is 1. The average molecular weight is 383 g/mol. The third-order valence-corrected chi connectivity index (χ3v) is 5.48. The first-order chi connectivity index (χ1) is 13.5. The molecule has 1 aromatic heterocycles. The number of H-pyrrole nitrogens is 1. The lowest BCUT2D eigenvalue weighted by Gasteiger charge is -2.34. The first-order valence-corrected chi connectivity index (χ1v) is 9.56. The molecule has 4 rings (SSSR count). The number of fused-ring (bicyclic) bond motifs is 1. The molecule has 1 amide bonds. The molecule has 1 fully saturated rings. The summed E-state index contributed by atoms with van der Waals surface area (Å²) in [5.41, 5.74) is 2.80. The van der Waals surface area contributed by atoms with Crippen LogP contribution in [0.4, 0.5) is 8.78 Å². The van der Waals surface area contributed by atoms with Crippen LogP contribution in [-0.2, 0) is 6.42 Å². The number of aryl methyl sites for hydroxylation is 1. The van der Waals surface area contributed by atoms with Gasteiger partial charge < -0.3 is 9.88 Å². The van der Waals surface area contributed by atoms with Crippen LogP contribution in [0.25, 0.3) is 10.9 Å². The number of amides is 1. The summed E-state index contributed by atoms with van der Waals surface area (Å²) in [5, 5.41) is 0.629. The van der Waals surface area contributed by atoms with E-state index < -0.39 is 0 Å². The largest absolute Gasteiger partial charge is 0.358 e. The Morgan fingerprint density at radius 1 is 1.07 bits per heavy atom. The van der Waals surface area contributed by atoms with Gasteiger partial charge in [0.25, 0.3) is 5.91 Å². The molecule has 4 nitrogen and oxygen atoms in total. The fourth-order valence-electron chi connectivity index (χ4n) is 3.89. The maximum atomic E-state index is 13.8. The topological polar surface area (TPSA) is 39.3 Å². The Labute approximate surface area is 162 Å². The van der Waals surface area contributed by atoms with Gasteiger partial charge in [-0.25, -0.2) is 8.78 Å². The highest BCUT2D eigenvalue weighted by molar-refractivity contribution is 6.08. The Hall–Kier alpha value is -2.73. The van der Waals surface area contributed by atoms with Gasteiger partial charge in [0.1, 0.15) is 11.6 Å². The first kappa shape index (κ1) is 18.6. The molecule has 0 saturated carbocycles. The molecule has 1 aliphatic rings. The van der Waals surface area contributed by atoms with Gasteiger partial charge >= 0.3 is 0 Å². The van der Waals surface area contributed by atoms with Gasteiger partial charge in [-0.05, 0) is 43.2 Å². The molecule has 0 radical (unpaired) electrons. The van der Waals surface area contributed by atoms with E-state index in [9.17, 15) is 13.6 Å². The van der Waals surface area contributed by atoms with Crippen molar-refractivity contribution >= 4 is 16.8 Å². The van der Waals surface area contributed by atoms with Crippen LogP contribution in [0.1, 0.15) is 21.6 Å². The predicted octanol–water partition coefficient (Wildman–Crippen LogP) is 3.76. The summed E-state index contributed by atoms with van der Waals surface area (Å²) < 4.78 is 27.4. The maximum absolute atomic E-state index is 13.8. The molecule has 146 valence electrons. The van der Waals surface area contributed by atoms with E-state index >= 15 is 0 Å². The number of nitrogens with zero attached hydrogens (tertiary/aromatic N) is 2. The average Bonchev–Trinajstić information content (AvgIpc) is 3.02. The minimum absolute atomic E-state index is 0.0666. The van der Waals surface area contributed by atoms with Gasteiger partial charge in [0.15, 0.2) is 0 Å². The predicted molar refractivity (Wildman–Crippen MR) is 105 cm³/mol. The lowest BCUT2D eigenvalue weighted by molar-refractivity contribution is 0.0639. The lowest BCUT2D eigenvalue weighted by atomic mass is 10.1. The highest BCUT2D eigenvalue weighted by atomic mass is 19.1. The number of piperazine rings is 1. The minimum Gasteiger partial charge on any atom is -0.358 e. The molecule has 0 spiro atoms. The van der Waals surface area contributed by atoms with E-state index in [0.29, 0.717) is 30.5 Å². The number of hydrogen-bond donors (Lipinski definition) is 1. The van der Waals surface area contributed by atoms with Crippen molar-refractivity contribution in [2.75, 3.05) is 32.7 Å². The fourth-order valence-corrected chi connectivity index (χ4v) is 3.89. The van der Waals surface area contributed by atoms with Crippen LogP contribution in [-0.4, -0.2) is 53.4 Å². The van der Waals surface area contributed by atoms with Crippen molar-refractivity contribution in [1.82, 2.24) is 14.8 Å². The lowest BCUT2D eigenvalue weighted by Crippen LogP contribution is -2.49. The van der Waals surface area contributed by atoms with Gasteiger partial charge in [-0.3, -0.25) is 9.69 Å². The molecule has 0 bridgehead atoms. The van der Waals surface area contributed by atoms with E-state index in [2.05, 4.69) is 9.88 Å². The van der Waals surface area contributed by atoms with Gasteiger partial charge in [-0.1, -0.05) is 18.2 Å². The molecule has 0 unspecified atom stereocenters. The Kier molecular flexibility index (Phi) is 5.13. The second kappa shape index (κ2) is 7.72. The highest BCUT2D eigenvalue weighted by Crippen LogP contribution is 2.25. The summed E-state index contributed by atoms with van der Waals surface area (Å²) in [7, 11) is 0. The van der Waals surface area contributed by atoms with Gasteiger partial charge in [-0.2, -0.15) is 0 Å². The van der Waals surface area contributed by atoms with Crippen LogP contribution in [0.15, 0.2) is 42.5 Å². The molecular formula is C22H23F2N3O. The van der Waals surface area contributed by atoms with E-state index in [0.717, 1.165) is 36.4 Å². The zero-order valence-corrected chi connectivity index (χ0v) is 15.8. The zero-order valence-electron chi connectivity index (χ0n) is 15.8. The van der Waals surface area contributed by atoms with Crippen LogP contribution in [0.3, 0.4) is 0 Å². The molecule has 1 aliphatic heterocycles. The van der Waals surface area contributed by atoms with E-state index in [1.54, 1.807) is 12.1 Å². The summed E-state index contributed by atoms with van der Waals surface area (Å²) in [6.07, 6.45) is 0.654. The smallest absolute Gasteiger partial charge is 0.256 e. The summed E-state index contributed by atoms with van der Waals surface area (Å²) in [5.74, 6) is -0.583. The fraction of sp³-hybridized carbons (Fsp3) is 0.318. The number of hydrogen-bond acceptors (Lipinski definition) is 2. The minimum atomic E-state index is -0.349. The molecule has 0 atom stereocenters. The Bertz CT molecular complexity index is 1010. The van der Waals surface area contributed by atoms with Crippen molar-refractivity contribution in [3.63, 3.8) is 0 Å². The monoisotopic (exact) mass is 383 g/mol. The van der Waals surface area contributed by atoms with Gasteiger partial charge in [0, 0.05) is 49.3 Å². The Balaban J connectivity index is 1.40. The van der Waals surface area contributed by atoms with E-state index in [4.69, 9.17) is 0 Å². The number of aromatic amines is 1. The zero-order chi connectivity index (χ0) is 19.7. The van der Waals surface area contributed by atoms with Gasteiger partial charge in [-0.15, -0.1) is 0 Å². The van der Waals surface area contributed by atoms with Gasteiger partial charge in [0.2, 0.25) is 0 Å². The molecule has 1 saturated heterocycles. The van der Waals surface area contributed by atoms with E-state index in [-0.39, 0.29) is 17.5 Å². The summed E-state index contributed by atoms with van der Waals surface area (Å²) in [6, 6.07) is 11.3. The van der Waals surface area contributed by atoms with Crippen molar-refractivity contribution in [1.29, 1.82) is 0 Å². The molecule has 6 heteroatoms. The van der Waals surface area contributed by atoms with Crippen LogP contribution in [0.2, 0.25) is 0 Å². The second-order valence-corrected chi connectivity index (χ2v) is 7.29. The van der Waals surface area contributed by atoms with Crippen molar-refractivity contribution in [3.05, 3.63) is 70.9 Å². The Morgan fingerprint density at radius 2 is 1.82 bits per heavy atom. The van der Waals surface area contributed by atoms with Crippen LogP contribution in [0.5, 0.6) is 0 Å². The summed E-state index contributed by atoms with van der Waals surface area (Å²) >= 11 is 0. The third-order valence-electron chi connectivity index (χ3n) is 5.48. The molecule has 1 N–H and O–H groups in total. The number of halogens is 2. The number of rotatable bonds is 4. The molecule has 28 heavy (non-hydrogen) atoms. The normalized spacial score (nSPS) is 15.3. The first-order valence-electron chi connectivity index (χ1n) is 9.56. The van der Waals surface area contributed by atoms with Gasteiger partial charge in [0.05, 0.1) is 5.56 Å². The molecular weight excluding hydrogens is 360 g/mol. The number of aromatic nitrogens is 1. The molecule has 0 aliphatic carbocycles. The van der Waals surface area contributed by atoms with Crippen LogP contribution >= 0.6 is 0 Å². The number of benzene rings is 2. The quantitative estimate of drug-likeness (QED) is 0.745. The molecule has 2 heterocycles. The van der Waals surface area contributed by atoms with Crippen molar-refractivity contribution in [2.24, 2.45) is 0 Å². The number of nitrogens with one attached hydrogen (secondary N) is 1. The SMILES string of the molecule is Cc1[nH]c2ccc(F)cc2c1C(=O)N1CCN(CCc2ccccc2F)CC1. The molecule has 3 aromatic rings.